The number of pyridine rings is 1. The lowest BCUT2D eigenvalue weighted by molar-refractivity contribution is -0.117. The summed E-state index contributed by atoms with van der Waals surface area (Å²) in [4.78, 5) is 30.7. The molecule has 6 nitrogen and oxygen atoms in total. The number of nitrogens with zero attached hydrogens (tertiary/aromatic N) is 3. The van der Waals surface area contributed by atoms with Gasteiger partial charge in [0.05, 0.1) is 22.3 Å². The Balaban J connectivity index is 1.66. The Kier molecular flexibility index (Phi) is 5.79. The van der Waals surface area contributed by atoms with Crippen molar-refractivity contribution in [3.05, 3.63) is 74.3 Å². The summed E-state index contributed by atoms with van der Waals surface area (Å²) in [6.45, 7) is 2.42. The van der Waals surface area contributed by atoms with Crippen LogP contribution in [0.15, 0.2) is 47.4 Å². The van der Waals surface area contributed by atoms with Crippen LogP contribution in [0.4, 0.5) is 5.69 Å². The highest BCUT2D eigenvalue weighted by molar-refractivity contribution is 6.42. The third kappa shape index (κ3) is 4.86. The minimum atomic E-state index is -0.205. The fourth-order valence-corrected chi connectivity index (χ4v) is 2.99. The molecule has 0 aliphatic rings. The van der Waals surface area contributed by atoms with Crippen LogP contribution in [-0.2, 0) is 11.3 Å². The molecule has 0 aliphatic carbocycles. The van der Waals surface area contributed by atoms with Gasteiger partial charge in [0.25, 0.3) is 5.56 Å². The zero-order valence-electron chi connectivity index (χ0n) is 14.9. The van der Waals surface area contributed by atoms with E-state index in [0.717, 1.165) is 5.56 Å². The number of amides is 1. The van der Waals surface area contributed by atoms with Crippen LogP contribution in [0.2, 0.25) is 10.0 Å². The van der Waals surface area contributed by atoms with Crippen molar-refractivity contribution < 1.29 is 4.79 Å². The third-order valence-corrected chi connectivity index (χ3v) is 4.65. The number of aryl methyl sites for hydroxylation is 1. The molecule has 0 unspecified atom stereocenters. The molecule has 0 aliphatic heterocycles. The first-order valence-electron chi connectivity index (χ1n) is 8.24. The molecular weight excluding hydrogens is 387 g/mol. The van der Waals surface area contributed by atoms with E-state index in [4.69, 9.17) is 23.2 Å². The molecule has 0 radical (unpaired) electrons. The summed E-state index contributed by atoms with van der Waals surface area (Å²) in [5.74, 6) is -0.205. The Hall–Kier alpha value is -2.41. The number of hydrogen-bond donors (Lipinski definition) is 1. The zero-order chi connectivity index (χ0) is 19.6. The van der Waals surface area contributed by atoms with Crippen LogP contribution in [0.5, 0.6) is 0 Å². The van der Waals surface area contributed by atoms with Gasteiger partial charge in [0.2, 0.25) is 5.91 Å². The monoisotopic (exact) mass is 404 g/mol. The van der Waals surface area contributed by atoms with E-state index in [9.17, 15) is 9.59 Å². The van der Waals surface area contributed by atoms with Crippen LogP contribution < -0.4 is 10.9 Å². The number of likely N-dealkylation sites (N-methyl/N-ethyl adjacent to an activating group) is 1. The van der Waals surface area contributed by atoms with Crippen molar-refractivity contribution in [3.8, 4) is 0 Å². The second kappa shape index (κ2) is 8.08. The number of hydrogen-bond acceptors (Lipinski definition) is 4. The van der Waals surface area contributed by atoms with Gasteiger partial charge >= 0.3 is 0 Å². The van der Waals surface area contributed by atoms with Gasteiger partial charge in [0.1, 0.15) is 5.65 Å². The molecule has 8 heteroatoms. The van der Waals surface area contributed by atoms with E-state index >= 15 is 0 Å². The first-order chi connectivity index (χ1) is 12.8. The predicted molar refractivity (Wildman–Crippen MR) is 108 cm³/mol. The van der Waals surface area contributed by atoms with Crippen LogP contribution in [0.1, 0.15) is 11.3 Å². The molecule has 3 rings (SSSR count). The van der Waals surface area contributed by atoms with E-state index in [0.29, 0.717) is 33.6 Å². The van der Waals surface area contributed by atoms with Gasteiger partial charge in [-0.05, 0) is 43.8 Å². The van der Waals surface area contributed by atoms with Gasteiger partial charge in [0, 0.05) is 24.5 Å². The van der Waals surface area contributed by atoms with Crippen LogP contribution in [0.3, 0.4) is 0 Å². The number of halogens is 2. The Labute approximate surface area is 166 Å². The maximum absolute atomic E-state index is 12.3. The van der Waals surface area contributed by atoms with Crippen molar-refractivity contribution >= 4 is 40.4 Å². The molecule has 0 saturated heterocycles. The summed E-state index contributed by atoms with van der Waals surface area (Å²) in [6.07, 6.45) is 1.75. The largest absolute Gasteiger partial charge is 0.325 e. The quantitative estimate of drug-likeness (QED) is 0.707. The lowest BCUT2D eigenvalue weighted by Crippen LogP contribution is -2.30. The Morgan fingerprint density at radius 1 is 1.19 bits per heavy atom. The molecule has 0 atom stereocenters. The minimum Gasteiger partial charge on any atom is -0.325 e. The molecule has 1 N–H and O–H groups in total. The molecule has 2 aromatic heterocycles. The standard InChI is InChI=1S/C19H18Cl2N4O2/c1-12-3-6-17-22-14(8-19(27)25(17)9-12)10-24(2)11-18(26)23-13-4-5-15(20)16(21)7-13/h3-9H,10-11H2,1-2H3,(H,23,26). The van der Waals surface area contributed by atoms with Crippen molar-refractivity contribution in [2.45, 2.75) is 13.5 Å². The average Bonchev–Trinajstić information content (AvgIpc) is 2.58. The van der Waals surface area contributed by atoms with Crippen LogP contribution >= 0.6 is 23.2 Å². The normalized spacial score (nSPS) is 11.1. The SMILES string of the molecule is Cc1ccc2nc(CN(C)CC(=O)Nc3ccc(Cl)c(Cl)c3)cc(=O)n2c1. The first kappa shape index (κ1) is 19.4. The number of nitrogens with one attached hydrogen (secondary N) is 1. The summed E-state index contributed by atoms with van der Waals surface area (Å²) in [5, 5.41) is 3.56. The van der Waals surface area contributed by atoms with E-state index in [1.807, 2.05) is 13.0 Å². The predicted octanol–water partition coefficient (Wildman–Crippen LogP) is 3.38. The topological polar surface area (TPSA) is 66.7 Å². The first-order valence-corrected chi connectivity index (χ1v) is 9.00. The summed E-state index contributed by atoms with van der Waals surface area (Å²) < 4.78 is 1.51. The highest BCUT2D eigenvalue weighted by Crippen LogP contribution is 2.24. The molecule has 140 valence electrons. The fourth-order valence-electron chi connectivity index (χ4n) is 2.69. The lowest BCUT2D eigenvalue weighted by atomic mass is 10.3. The summed E-state index contributed by atoms with van der Waals surface area (Å²) >= 11 is 11.8. The molecule has 0 spiro atoms. The van der Waals surface area contributed by atoms with Crippen LogP contribution in [0, 0.1) is 6.92 Å². The number of carbonyl (C=O) groups is 1. The zero-order valence-corrected chi connectivity index (χ0v) is 16.4. The third-order valence-electron chi connectivity index (χ3n) is 3.91. The average molecular weight is 405 g/mol. The summed E-state index contributed by atoms with van der Waals surface area (Å²) in [5.41, 5.74) is 2.59. The molecule has 1 aromatic carbocycles. The van der Waals surface area contributed by atoms with Gasteiger partial charge in [-0.1, -0.05) is 29.3 Å². The van der Waals surface area contributed by atoms with Crippen molar-refractivity contribution in [1.82, 2.24) is 14.3 Å². The highest BCUT2D eigenvalue weighted by Gasteiger charge is 2.11. The van der Waals surface area contributed by atoms with E-state index in [1.54, 1.807) is 42.4 Å². The number of rotatable bonds is 5. The molecule has 2 heterocycles. The molecule has 0 bridgehead atoms. The molecule has 3 aromatic rings. The van der Waals surface area contributed by atoms with E-state index in [1.165, 1.54) is 10.5 Å². The molecule has 1 amide bonds. The number of benzene rings is 1. The molecule has 27 heavy (non-hydrogen) atoms. The second-order valence-electron chi connectivity index (χ2n) is 6.37. The molecule has 0 saturated carbocycles. The van der Waals surface area contributed by atoms with Crippen molar-refractivity contribution in [3.63, 3.8) is 0 Å². The smallest absolute Gasteiger partial charge is 0.258 e. The van der Waals surface area contributed by atoms with Crippen molar-refractivity contribution in [2.24, 2.45) is 0 Å². The van der Waals surface area contributed by atoms with E-state index in [-0.39, 0.29) is 18.0 Å². The number of aromatic nitrogens is 2. The molecule has 0 fully saturated rings. The Morgan fingerprint density at radius 2 is 1.96 bits per heavy atom. The van der Waals surface area contributed by atoms with Gasteiger partial charge in [-0.3, -0.25) is 18.9 Å². The fraction of sp³-hybridized carbons (Fsp3) is 0.211. The number of fused-ring (bicyclic) bond motifs is 1. The number of carbonyl (C=O) groups excluding carboxylic acids is 1. The van der Waals surface area contributed by atoms with Gasteiger partial charge in [0.15, 0.2) is 0 Å². The lowest BCUT2D eigenvalue weighted by Gasteiger charge is -2.16. The number of anilines is 1. The van der Waals surface area contributed by atoms with Gasteiger partial charge in [-0.2, -0.15) is 0 Å². The van der Waals surface area contributed by atoms with E-state index < -0.39 is 0 Å². The van der Waals surface area contributed by atoms with Crippen LogP contribution in [0.25, 0.3) is 5.65 Å². The van der Waals surface area contributed by atoms with Gasteiger partial charge in [-0.25, -0.2) is 4.98 Å². The van der Waals surface area contributed by atoms with E-state index in [2.05, 4.69) is 10.3 Å². The Bertz CT molecular complexity index is 1070. The van der Waals surface area contributed by atoms with Crippen molar-refractivity contribution in [1.29, 1.82) is 0 Å². The maximum atomic E-state index is 12.3. The summed E-state index contributed by atoms with van der Waals surface area (Å²) in [7, 11) is 1.78. The van der Waals surface area contributed by atoms with Gasteiger partial charge in [-0.15, -0.1) is 0 Å². The van der Waals surface area contributed by atoms with Crippen molar-refractivity contribution in [2.75, 3.05) is 18.9 Å². The van der Waals surface area contributed by atoms with Crippen LogP contribution in [-0.4, -0.2) is 33.8 Å². The van der Waals surface area contributed by atoms with Gasteiger partial charge < -0.3 is 5.32 Å². The summed E-state index contributed by atoms with van der Waals surface area (Å²) in [6, 6.07) is 10.1. The molecular formula is C19H18Cl2N4O2. The highest BCUT2D eigenvalue weighted by atomic mass is 35.5. The Morgan fingerprint density at radius 3 is 2.70 bits per heavy atom. The maximum Gasteiger partial charge on any atom is 0.258 e. The minimum absolute atomic E-state index is 0.134. The second-order valence-corrected chi connectivity index (χ2v) is 7.18.